The zero-order chi connectivity index (χ0) is 29.3. The van der Waals surface area contributed by atoms with Crippen LogP contribution in [0.4, 0.5) is 0 Å². The van der Waals surface area contributed by atoms with E-state index in [9.17, 15) is 0 Å². The van der Waals surface area contributed by atoms with E-state index in [-0.39, 0.29) is 29.5 Å². The van der Waals surface area contributed by atoms with E-state index in [2.05, 4.69) is 122 Å². The molecule has 1 N–H and O–H groups in total. The molecule has 0 saturated carbocycles. The standard InChI is InChI=1S/C40H34N2O/c1-26-18-22-29(23-19-26)33-35(28-12-6-3-7-13-28)39-37(38(41-42-39)31-14-8-4-9-15-31)34(30-24-20-27(2)21-25-30)36(33)40(43)32-16-10-5-11-17-32/h3-25,33-36H,1-2H3,(H,41,42)/t33-,34-,35-,36+/m1/s1. The third-order valence-corrected chi connectivity index (χ3v) is 9.03. The number of aryl methyl sites for hydroxylation is 2. The topological polar surface area (TPSA) is 45.8 Å². The van der Waals surface area contributed by atoms with Gasteiger partial charge in [0.15, 0.2) is 5.78 Å². The Labute approximate surface area is 253 Å². The minimum absolute atomic E-state index is 0.0942. The number of hydrogen-bond acceptors (Lipinski definition) is 2. The van der Waals surface area contributed by atoms with Crippen molar-refractivity contribution in [1.29, 1.82) is 0 Å². The number of nitrogens with one attached hydrogen (secondary N) is 1. The number of nitrogens with zero attached hydrogens (tertiary/aromatic N) is 1. The van der Waals surface area contributed by atoms with E-state index in [4.69, 9.17) is 5.10 Å². The van der Waals surface area contributed by atoms with Crippen molar-refractivity contribution in [3.8, 4) is 11.3 Å². The zero-order valence-electron chi connectivity index (χ0n) is 24.4. The molecule has 0 fully saturated rings. The number of aromatic nitrogens is 2. The van der Waals surface area contributed by atoms with Crippen molar-refractivity contribution in [2.24, 2.45) is 5.92 Å². The highest BCUT2D eigenvalue weighted by atomic mass is 16.1. The van der Waals surface area contributed by atoms with Crippen LogP contribution >= 0.6 is 0 Å². The second kappa shape index (κ2) is 11.3. The minimum atomic E-state index is -0.370. The van der Waals surface area contributed by atoms with E-state index in [1.807, 2.05) is 36.4 Å². The predicted molar refractivity (Wildman–Crippen MR) is 174 cm³/mol. The number of hydrogen-bond donors (Lipinski definition) is 1. The average molecular weight is 559 g/mol. The first-order valence-corrected chi connectivity index (χ1v) is 15.0. The van der Waals surface area contributed by atoms with E-state index in [0.717, 1.165) is 39.2 Å². The molecule has 1 aromatic heterocycles. The van der Waals surface area contributed by atoms with Crippen molar-refractivity contribution < 1.29 is 4.79 Å². The molecule has 1 heterocycles. The van der Waals surface area contributed by atoms with Gasteiger partial charge in [-0.1, -0.05) is 151 Å². The predicted octanol–water partition coefficient (Wildman–Crippen LogP) is 9.25. The van der Waals surface area contributed by atoms with Crippen LogP contribution in [0.2, 0.25) is 0 Å². The molecule has 5 aromatic carbocycles. The maximum atomic E-state index is 15.0. The number of ketones is 1. The molecule has 0 saturated heterocycles. The molecule has 1 aliphatic rings. The number of Topliss-reactive ketones (excluding diaryl/α,β-unsaturated/α-hetero) is 1. The van der Waals surface area contributed by atoms with E-state index >= 15 is 4.79 Å². The van der Waals surface area contributed by atoms with E-state index in [1.165, 1.54) is 16.7 Å². The van der Waals surface area contributed by atoms with Gasteiger partial charge in [-0.2, -0.15) is 5.10 Å². The van der Waals surface area contributed by atoms with Gasteiger partial charge in [-0.25, -0.2) is 0 Å². The van der Waals surface area contributed by atoms with Crippen LogP contribution in [-0.2, 0) is 0 Å². The van der Waals surface area contributed by atoms with E-state index in [0.29, 0.717) is 0 Å². The monoisotopic (exact) mass is 558 g/mol. The largest absolute Gasteiger partial charge is 0.294 e. The Balaban J connectivity index is 1.58. The number of H-pyrrole nitrogens is 1. The number of fused-ring (bicyclic) bond motifs is 1. The van der Waals surface area contributed by atoms with Gasteiger partial charge in [0.2, 0.25) is 0 Å². The number of carbonyl (C=O) groups excluding carboxylic acids is 1. The Morgan fingerprint density at radius 2 is 1.09 bits per heavy atom. The Hall–Kier alpha value is -5.02. The summed E-state index contributed by atoms with van der Waals surface area (Å²) >= 11 is 0. The molecule has 4 atom stereocenters. The highest BCUT2D eigenvalue weighted by Crippen LogP contribution is 2.57. The first-order valence-electron chi connectivity index (χ1n) is 15.0. The number of carbonyl (C=O) groups is 1. The highest BCUT2D eigenvalue weighted by Gasteiger charge is 2.50. The first kappa shape index (κ1) is 26.9. The van der Waals surface area contributed by atoms with Crippen molar-refractivity contribution in [2.45, 2.75) is 31.6 Å². The molecule has 0 spiro atoms. The third kappa shape index (κ3) is 4.91. The van der Waals surface area contributed by atoms with Crippen molar-refractivity contribution in [3.05, 3.63) is 184 Å². The van der Waals surface area contributed by atoms with Gasteiger partial charge in [0.1, 0.15) is 0 Å². The maximum absolute atomic E-state index is 15.0. The Bertz CT molecular complexity index is 1840. The lowest BCUT2D eigenvalue weighted by Gasteiger charge is -2.43. The SMILES string of the molecule is Cc1ccc([C@H]2c3c(-c4ccccc4)n[nH]c3[C@H](c3ccccc3)[C@@H](c3ccc(C)cc3)[C@@H]2C(=O)c2ccccc2)cc1. The van der Waals surface area contributed by atoms with Crippen molar-refractivity contribution in [1.82, 2.24) is 10.2 Å². The molecule has 3 nitrogen and oxygen atoms in total. The molecule has 0 unspecified atom stereocenters. The van der Waals surface area contributed by atoms with E-state index in [1.54, 1.807) is 0 Å². The second-order valence-corrected chi connectivity index (χ2v) is 11.7. The van der Waals surface area contributed by atoms with Gasteiger partial charge in [0.05, 0.1) is 5.69 Å². The summed E-state index contributed by atoms with van der Waals surface area (Å²) in [5.74, 6) is -0.639. The van der Waals surface area contributed by atoms with Gasteiger partial charge >= 0.3 is 0 Å². The normalized spacial score (nSPS) is 19.5. The fourth-order valence-corrected chi connectivity index (χ4v) is 6.99. The molecule has 0 amide bonds. The van der Waals surface area contributed by atoms with Crippen LogP contribution in [-0.4, -0.2) is 16.0 Å². The molecule has 1 aliphatic carbocycles. The number of aromatic amines is 1. The van der Waals surface area contributed by atoms with Gasteiger partial charge in [-0.05, 0) is 30.5 Å². The summed E-state index contributed by atoms with van der Waals surface area (Å²) in [7, 11) is 0. The first-order chi connectivity index (χ1) is 21.1. The quantitative estimate of drug-likeness (QED) is 0.207. The molecule has 0 bridgehead atoms. The molecule has 43 heavy (non-hydrogen) atoms. The van der Waals surface area contributed by atoms with Crippen LogP contribution in [0.3, 0.4) is 0 Å². The summed E-state index contributed by atoms with van der Waals surface area (Å²) in [5.41, 5.74) is 10.7. The molecule has 0 aliphatic heterocycles. The molecular formula is C40H34N2O. The van der Waals surface area contributed by atoms with Gasteiger partial charge in [0, 0.05) is 46.1 Å². The Kier molecular flexibility index (Phi) is 7.08. The van der Waals surface area contributed by atoms with Crippen LogP contribution in [0, 0.1) is 19.8 Å². The molecule has 6 aromatic rings. The highest BCUT2D eigenvalue weighted by molar-refractivity contribution is 6.00. The lowest BCUT2D eigenvalue weighted by Crippen LogP contribution is -2.38. The zero-order valence-corrected chi connectivity index (χ0v) is 24.4. The summed E-state index contributed by atoms with van der Waals surface area (Å²) in [5, 5.41) is 8.54. The molecule has 7 rings (SSSR count). The van der Waals surface area contributed by atoms with Crippen molar-refractivity contribution in [3.63, 3.8) is 0 Å². The van der Waals surface area contributed by atoms with Crippen LogP contribution in [0.5, 0.6) is 0 Å². The van der Waals surface area contributed by atoms with Crippen LogP contribution in [0.1, 0.15) is 67.2 Å². The summed E-state index contributed by atoms with van der Waals surface area (Å²) in [6.45, 7) is 4.22. The van der Waals surface area contributed by atoms with Gasteiger partial charge < -0.3 is 0 Å². The number of benzene rings is 5. The average Bonchev–Trinajstić information content (AvgIpc) is 3.50. The van der Waals surface area contributed by atoms with Crippen LogP contribution in [0.25, 0.3) is 11.3 Å². The van der Waals surface area contributed by atoms with Crippen molar-refractivity contribution >= 4 is 5.78 Å². The number of rotatable bonds is 6. The van der Waals surface area contributed by atoms with Crippen molar-refractivity contribution in [2.75, 3.05) is 0 Å². The Morgan fingerprint density at radius 1 is 0.581 bits per heavy atom. The summed E-state index contributed by atoms with van der Waals surface area (Å²) < 4.78 is 0. The fraction of sp³-hybridized carbons (Fsp3) is 0.150. The molecular weight excluding hydrogens is 524 g/mol. The second-order valence-electron chi connectivity index (χ2n) is 11.7. The lowest BCUT2D eigenvalue weighted by molar-refractivity contribution is 0.0870. The van der Waals surface area contributed by atoms with Crippen LogP contribution in [0.15, 0.2) is 140 Å². The molecule has 0 radical (unpaired) electrons. The Morgan fingerprint density at radius 3 is 1.70 bits per heavy atom. The maximum Gasteiger partial charge on any atom is 0.167 e. The van der Waals surface area contributed by atoms with Gasteiger partial charge in [-0.3, -0.25) is 9.89 Å². The molecule has 210 valence electrons. The summed E-state index contributed by atoms with van der Waals surface area (Å²) in [4.78, 5) is 15.0. The van der Waals surface area contributed by atoms with Crippen LogP contribution < -0.4 is 0 Å². The fourth-order valence-electron chi connectivity index (χ4n) is 6.99. The van der Waals surface area contributed by atoms with Gasteiger partial charge in [0.25, 0.3) is 0 Å². The minimum Gasteiger partial charge on any atom is -0.294 e. The van der Waals surface area contributed by atoms with E-state index < -0.39 is 0 Å². The smallest absolute Gasteiger partial charge is 0.167 e. The van der Waals surface area contributed by atoms with Gasteiger partial charge in [-0.15, -0.1) is 0 Å². The summed E-state index contributed by atoms with van der Waals surface area (Å²) in [6.07, 6.45) is 0. The molecule has 3 heteroatoms. The summed E-state index contributed by atoms with van der Waals surface area (Å²) in [6, 6.07) is 48.3. The lowest BCUT2D eigenvalue weighted by atomic mass is 9.58. The third-order valence-electron chi connectivity index (χ3n) is 9.03.